The molecular formula is C6H4N2O6. The normalized spacial score (nSPS) is 38.5. The van der Waals surface area contributed by atoms with Gasteiger partial charge in [0.25, 0.3) is 11.5 Å². The topological polar surface area (TPSA) is 119 Å². The fraction of sp³-hybridized carbons (Fsp3) is 0.333. The molecule has 0 aromatic carbocycles. The SMILES string of the molecule is O=[N+]([O-])C1=CC2([N+](=O)[O-])OC2(O)C=C1. The van der Waals surface area contributed by atoms with Crippen molar-refractivity contribution in [2.75, 3.05) is 0 Å². The van der Waals surface area contributed by atoms with Crippen molar-refractivity contribution in [3.8, 4) is 0 Å². The molecule has 74 valence electrons. The van der Waals surface area contributed by atoms with Crippen molar-refractivity contribution in [1.82, 2.24) is 0 Å². The minimum Gasteiger partial charge on any atom is -0.354 e. The van der Waals surface area contributed by atoms with Crippen LogP contribution in [-0.4, -0.2) is 26.5 Å². The number of rotatable bonds is 2. The summed E-state index contributed by atoms with van der Waals surface area (Å²) in [5.41, 5.74) is -2.65. The Morgan fingerprint density at radius 3 is 2.57 bits per heavy atom. The zero-order chi connectivity index (χ0) is 10.6. The molecule has 0 saturated carbocycles. The highest BCUT2D eigenvalue weighted by molar-refractivity contribution is 5.34. The number of hydrogen-bond acceptors (Lipinski definition) is 6. The van der Waals surface area contributed by atoms with E-state index in [4.69, 9.17) is 0 Å². The minimum atomic E-state index is -2.18. The van der Waals surface area contributed by atoms with Gasteiger partial charge < -0.3 is 5.11 Å². The first-order chi connectivity index (χ1) is 6.41. The van der Waals surface area contributed by atoms with Crippen molar-refractivity contribution in [2.24, 2.45) is 0 Å². The van der Waals surface area contributed by atoms with Gasteiger partial charge in [-0.15, -0.1) is 0 Å². The summed E-state index contributed by atoms with van der Waals surface area (Å²) in [4.78, 5) is 19.1. The molecule has 1 aliphatic heterocycles. The monoisotopic (exact) mass is 200 g/mol. The molecule has 1 fully saturated rings. The van der Waals surface area contributed by atoms with E-state index in [1.807, 2.05) is 0 Å². The number of ether oxygens (including phenoxy) is 1. The average Bonchev–Trinajstić information content (AvgIpc) is 2.71. The highest BCUT2D eigenvalue weighted by Gasteiger charge is 2.81. The lowest BCUT2D eigenvalue weighted by atomic mass is 10.1. The van der Waals surface area contributed by atoms with Crippen LogP contribution in [0.2, 0.25) is 0 Å². The van der Waals surface area contributed by atoms with Crippen LogP contribution in [0.1, 0.15) is 0 Å². The third-order valence-electron chi connectivity index (χ3n) is 2.09. The molecule has 0 spiro atoms. The van der Waals surface area contributed by atoms with Gasteiger partial charge in [0.05, 0.1) is 9.85 Å². The summed E-state index contributed by atoms with van der Waals surface area (Å²) in [6.45, 7) is 0. The van der Waals surface area contributed by atoms with Crippen LogP contribution in [0.3, 0.4) is 0 Å². The maximum absolute atomic E-state index is 10.5. The van der Waals surface area contributed by atoms with Crippen LogP contribution in [0.5, 0.6) is 0 Å². The molecule has 0 bridgehead atoms. The van der Waals surface area contributed by atoms with Crippen LogP contribution in [0, 0.1) is 20.2 Å². The molecule has 8 nitrogen and oxygen atoms in total. The Kier molecular flexibility index (Phi) is 1.36. The number of allylic oxidation sites excluding steroid dienone is 1. The zero-order valence-corrected chi connectivity index (χ0v) is 6.61. The highest BCUT2D eigenvalue weighted by atomic mass is 16.8. The predicted molar refractivity (Wildman–Crippen MR) is 40.0 cm³/mol. The number of aliphatic hydroxyl groups is 1. The summed E-state index contributed by atoms with van der Waals surface area (Å²) in [5.74, 6) is -2.03. The molecule has 0 aromatic rings. The largest absolute Gasteiger partial charge is 0.412 e. The second kappa shape index (κ2) is 2.16. The Morgan fingerprint density at radius 1 is 1.43 bits per heavy atom. The first-order valence-electron chi connectivity index (χ1n) is 3.55. The van der Waals surface area contributed by atoms with Crippen LogP contribution in [0.25, 0.3) is 0 Å². The van der Waals surface area contributed by atoms with Crippen molar-refractivity contribution in [3.63, 3.8) is 0 Å². The Hall–Kier alpha value is -1.80. The average molecular weight is 200 g/mol. The van der Waals surface area contributed by atoms with E-state index < -0.39 is 27.1 Å². The lowest BCUT2D eigenvalue weighted by Gasteiger charge is -2.04. The van der Waals surface area contributed by atoms with Crippen molar-refractivity contribution < 1.29 is 19.7 Å². The van der Waals surface area contributed by atoms with Gasteiger partial charge in [-0.2, -0.15) is 0 Å². The van der Waals surface area contributed by atoms with Crippen LogP contribution < -0.4 is 0 Å². The summed E-state index contributed by atoms with van der Waals surface area (Å²) >= 11 is 0. The van der Waals surface area contributed by atoms with Crippen LogP contribution in [0.15, 0.2) is 23.9 Å². The Labute approximate surface area is 76.4 Å². The summed E-state index contributed by atoms with van der Waals surface area (Å²) in [6, 6.07) is 0. The molecule has 0 radical (unpaired) electrons. The lowest BCUT2D eigenvalue weighted by molar-refractivity contribution is -0.553. The third kappa shape index (κ3) is 0.833. The molecule has 2 atom stereocenters. The molecule has 1 saturated heterocycles. The van der Waals surface area contributed by atoms with E-state index in [-0.39, 0.29) is 0 Å². The van der Waals surface area contributed by atoms with Gasteiger partial charge in [-0.1, -0.05) is 0 Å². The molecule has 1 aliphatic carbocycles. The van der Waals surface area contributed by atoms with Crippen molar-refractivity contribution in [1.29, 1.82) is 0 Å². The van der Waals surface area contributed by atoms with Gasteiger partial charge in [-0.25, -0.2) is 0 Å². The van der Waals surface area contributed by atoms with Gasteiger partial charge in [-0.05, 0) is 6.08 Å². The maximum atomic E-state index is 10.5. The van der Waals surface area contributed by atoms with Gasteiger partial charge in [0.2, 0.25) is 0 Å². The standard InChI is InChI=1S/C6H4N2O6/c9-6-2-1-4(7(10)11)3-5(6,14-6)8(12)13/h1-3,9H. The second-order valence-corrected chi connectivity index (χ2v) is 2.91. The van der Waals surface area contributed by atoms with Crippen LogP contribution >= 0.6 is 0 Å². The molecule has 2 unspecified atom stereocenters. The fourth-order valence-electron chi connectivity index (χ4n) is 1.28. The second-order valence-electron chi connectivity index (χ2n) is 2.91. The third-order valence-corrected chi connectivity index (χ3v) is 2.09. The lowest BCUT2D eigenvalue weighted by Crippen LogP contribution is -2.33. The molecule has 0 amide bonds. The summed E-state index contributed by atoms with van der Waals surface area (Å²) in [6.07, 6.45) is 2.55. The number of nitro groups is 2. The van der Waals surface area contributed by atoms with E-state index in [9.17, 15) is 25.3 Å². The quantitative estimate of drug-likeness (QED) is 0.361. The van der Waals surface area contributed by atoms with Gasteiger partial charge in [-0.3, -0.25) is 25.0 Å². The smallest absolute Gasteiger partial charge is 0.354 e. The van der Waals surface area contributed by atoms with E-state index in [1.54, 1.807) is 0 Å². The number of fused-ring (bicyclic) bond motifs is 1. The van der Waals surface area contributed by atoms with E-state index in [2.05, 4.69) is 4.74 Å². The molecular weight excluding hydrogens is 196 g/mol. The summed E-state index contributed by atoms with van der Waals surface area (Å²) in [7, 11) is 0. The molecule has 0 aromatic heterocycles. The Bertz CT molecular complexity index is 401. The van der Waals surface area contributed by atoms with Crippen molar-refractivity contribution >= 4 is 0 Å². The number of nitrogens with zero attached hydrogens (tertiary/aromatic N) is 2. The summed E-state index contributed by atoms with van der Waals surface area (Å²) in [5, 5.41) is 30.2. The van der Waals surface area contributed by atoms with Gasteiger partial charge in [0.1, 0.15) is 6.08 Å². The fourth-order valence-corrected chi connectivity index (χ4v) is 1.28. The van der Waals surface area contributed by atoms with Gasteiger partial charge >= 0.3 is 5.72 Å². The Balaban J connectivity index is 2.43. The van der Waals surface area contributed by atoms with E-state index in [0.29, 0.717) is 6.08 Å². The van der Waals surface area contributed by atoms with Gasteiger partial charge in [0, 0.05) is 6.08 Å². The van der Waals surface area contributed by atoms with E-state index in [0.717, 1.165) is 12.2 Å². The predicted octanol–water partition coefficient (Wildman–Crippen LogP) is -0.591. The Morgan fingerprint density at radius 2 is 2.07 bits per heavy atom. The minimum absolute atomic E-state index is 0.469. The first kappa shape index (κ1) is 8.78. The maximum Gasteiger partial charge on any atom is 0.412 e. The van der Waals surface area contributed by atoms with E-state index >= 15 is 0 Å². The molecule has 2 rings (SSSR count). The zero-order valence-electron chi connectivity index (χ0n) is 6.61. The van der Waals surface area contributed by atoms with Crippen LogP contribution in [0.4, 0.5) is 0 Å². The molecule has 1 N–H and O–H groups in total. The molecule has 14 heavy (non-hydrogen) atoms. The van der Waals surface area contributed by atoms with Crippen molar-refractivity contribution in [2.45, 2.75) is 11.5 Å². The van der Waals surface area contributed by atoms with Gasteiger partial charge in [0.15, 0.2) is 0 Å². The van der Waals surface area contributed by atoms with Crippen molar-refractivity contribution in [3.05, 3.63) is 44.2 Å². The summed E-state index contributed by atoms with van der Waals surface area (Å²) < 4.78 is 4.48. The highest BCUT2D eigenvalue weighted by Crippen LogP contribution is 2.51. The van der Waals surface area contributed by atoms with Crippen LogP contribution in [-0.2, 0) is 4.74 Å². The molecule has 8 heteroatoms. The first-order valence-corrected chi connectivity index (χ1v) is 3.55. The van der Waals surface area contributed by atoms with E-state index in [1.165, 1.54) is 0 Å². The number of hydrogen-bond donors (Lipinski definition) is 1. The number of epoxide rings is 1. The molecule has 2 aliphatic rings. The molecule has 1 heterocycles.